The number of nitrogens with zero attached hydrogens (tertiary/aromatic N) is 4. The first-order valence-corrected chi connectivity index (χ1v) is 17.0. The van der Waals surface area contributed by atoms with E-state index in [-0.39, 0.29) is 26.5 Å². The van der Waals surface area contributed by atoms with Crippen LogP contribution in [-0.2, 0) is 26.5 Å². The Balaban J connectivity index is 0.00000374. The summed E-state index contributed by atoms with van der Waals surface area (Å²) in [5, 5.41) is 2.31. The van der Waals surface area contributed by atoms with Gasteiger partial charge in [0.15, 0.2) is 0 Å². The van der Waals surface area contributed by atoms with Crippen LogP contribution in [0.25, 0.3) is 78.1 Å². The Morgan fingerprint density at radius 3 is 2.10 bits per heavy atom. The number of aromatic nitrogens is 4. The maximum Gasteiger partial charge on any atom is 2.00 e. The zero-order valence-electron chi connectivity index (χ0n) is 28.5. The van der Waals surface area contributed by atoms with Crippen molar-refractivity contribution in [1.82, 2.24) is 19.1 Å². The van der Waals surface area contributed by atoms with Gasteiger partial charge in [-0.05, 0) is 58.0 Å². The fraction of sp³-hybridized carbons (Fsp3) is 0.0870. The van der Waals surface area contributed by atoms with Gasteiger partial charge in [0.1, 0.15) is 5.52 Å². The second-order valence-electron chi connectivity index (χ2n) is 13.7. The van der Waals surface area contributed by atoms with Crippen LogP contribution in [0.2, 0.25) is 0 Å². The normalized spacial score (nSPS) is 11.7. The zero-order valence-corrected chi connectivity index (χ0v) is 30.8. The first kappa shape index (κ1) is 32.6. The van der Waals surface area contributed by atoms with Crippen molar-refractivity contribution in [2.45, 2.75) is 26.2 Å². The minimum Gasteiger partial charge on any atom is -0.304 e. The smallest absolute Gasteiger partial charge is 0.304 e. The molecule has 0 saturated heterocycles. The maximum absolute atomic E-state index is 5.57. The van der Waals surface area contributed by atoms with E-state index >= 15 is 0 Å². The Labute approximate surface area is 312 Å². The number of benzene rings is 6. The van der Waals surface area contributed by atoms with E-state index in [0.717, 1.165) is 78.1 Å². The van der Waals surface area contributed by atoms with Crippen LogP contribution in [0.4, 0.5) is 0 Å². The fourth-order valence-electron chi connectivity index (χ4n) is 7.07. The van der Waals surface area contributed by atoms with Crippen LogP contribution >= 0.6 is 0 Å². The average Bonchev–Trinajstić information content (AvgIpc) is 3.71. The molecule has 51 heavy (non-hydrogen) atoms. The van der Waals surface area contributed by atoms with Gasteiger partial charge in [-0.15, -0.1) is 41.3 Å². The van der Waals surface area contributed by atoms with Gasteiger partial charge in [-0.3, -0.25) is 9.55 Å². The van der Waals surface area contributed by atoms with Gasteiger partial charge in [0, 0.05) is 16.6 Å². The maximum atomic E-state index is 5.57. The molecule has 0 amide bonds. The van der Waals surface area contributed by atoms with E-state index in [4.69, 9.17) is 9.97 Å². The molecule has 248 valence electrons. The molecule has 0 bridgehead atoms. The van der Waals surface area contributed by atoms with Crippen molar-refractivity contribution in [2.24, 2.45) is 0 Å². The fourth-order valence-corrected chi connectivity index (χ4v) is 7.07. The molecule has 0 radical (unpaired) electrons. The molecule has 4 nitrogen and oxygen atoms in total. The Morgan fingerprint density at radius 2 is 1.27 bits per heavy atom. The van der Waals surface area contributed by atoms with Crippen LogP contribution in [0, 0.1) is 12.1 Å². The topological polar surface area (TPSA) is 35.6 Å². The van der Waals surface area contributed by atoms with Crippen molar-refractivity contribution in [1.29, 1.82) is 0 Å². The molecule has 0 atom stereocenters. The van der Waals surface area contributed by atoms with Crippen LogP contribution in [0.5, 0.6) is 0 Å². The van der Waals surface area contributed by atoms with E-state index < -0.39 is 0 Å². The van der Waals surface area contributed by atoms with Crippen LogP contribution in [0.3, 0.4) is 0 Å². The van der Waals surface area contributed by atoms with Crippen molar-refractivity contribution in [3.63, 3.8) is 0 Å². The SMILES string of the molecule is CC(C)(C)c1ccc(-n2c(-n3c4[c-]cccc4c4ccccc43)nc3c(-c4cccc(-c5[c-]cccc5)n4)cccc32)c(-c2ccccc2)c1.[Pt+2]. The first-order chi connectivity index (χ1) is 24.5. The number of rotatable bonds is 5. The second-order valence-corrected chi connectivity index (χ2v) is 13.7. The average molecular weight is 838 g/mol. The molecule has 0 aliphatic rings. The van der Waals surface area contributed by atoms with Gasteiger partial charge in [-0.25, -0.2) is 4.98 Å². The molecule has 9 aromatic rings. The minimum atomic E-state index is -0.0241. The summed E-state index contributed by atoms with van der Waals surface area (Å²) < 4.78 is 4.60. The van der Waals surface area contributed by atoms with Crippen LogP contribution in [-0.4, -0.2) is 19.1 Å². The Morgan fingerprint density at radius 1 is 0.549 bits per heavy atom. The van der Waals surface area contributed by atoms with Gasteiger partial charge in [-0.1, -0.05) is 105 Å². The molecular weight excluding hydrogens is 804 g/mol. The molecule has 0 aliphatic carbocycles. The monoisotopic (exact) mass is 837 g/mol. The Hall–Kier alpha value is -5.57. The standard InChI is InChI=1S/C46H34N4.Pt/c1-46(2,3)33-28-29-42(37(30-33)31-16-6-4-7-17-31)50-43-27-14-22-36(39-24-15-23-38(47-39)32-18-8-5-9-19-32)44(43)48-45(50)49-40-25-12-10-20-34(40)35-21-11-13-26-41(35)49;/h4-18,20-25,27-30H,1-3H3;/q-2;+2. The van der Waals surface area contributed by atoms with Gasteiger partial charge in [-0.2, -0.15) is 24.3 Å². The van der Waals surface area contributed by atoms with Gasteiger partial charge >= 0.3 is 21.1 Å². The third kappa shape index (κ3) is 5.61. The van der Waals surface area contributed by atoms with Crippen molar-refractivity contribution < 1.29 is 21.1 Å². The van der Waals surface area contributed by atoms with Crippen LogP contribution < -0.4 is 0 Å². The molecule has 0 saturated carbocycles. The van der Waals surface area contributed by atoms with Gasteiger partial charge < -0.3 is 4.57 Å². The van der Waals surface area contributed by atoms with Crippen molar-refractivity contribution in [2.75, 3.05) is 0 Å². The first-order valence-electron chi connectivity index (χ1n) is 17.0. The predicted octanol–water partition coefficient (Wildman–Crippen LogP) is 11.4. The summed E-state index contributed by atoms with van der Waals surface area (Å²) in [6.07, 6.45) is 0. The Bertz CT molecular complexity index is 2630. The van der Waals surface area contributed by atoms with Crippen LogP contribution in [0.15, 0.2) is 152 Å². The summed E-state index contributed by atoms with van der Waals surface area (Å²) in [5.74, 6) is 0.800. The molecule has 5 heteroatoms. The molecule has 0 N–H and O–H groups in total. The molecule has 3 heterocycles. The summed E-state index contributed by atoms with van der Waals surface area (Å²) in [4.78, 5) is 10.7. The van der Waals surface area contributed by atoms with Crippen LogP contribution in [0.1, 0.15) is 26.3 Å². The van der Waals surface area contributed by atoms with E-state index in [0.29, 0.717) is 0 Å². The van der Waals surface area contributed by atoms with Crippen molar-refractivity contribution >= 4 is 32.8 Å². The summed E-state index contributed by atoms with van der Waals surface area (Å²) in [7, 11) is 0. The van der Waals surface area contributed by atoms with Crippen molar-refractivity contribution in [3.05, 3.63) is 169 Å². The predicted molar refractivity (Wildman–Crippen MR) is 206 cm³/mol. The molecule has 0 spiro atoms. The summed E-state index contributed by atoms with van der Waals surface area (Å²) in [6, 6.07) is 59.8. The number of hydrogen-bond acceptors (Lipinski definition) is 2. The van der Waals surface area contributed by atoms with E-state index in [9.17, 15) is 0 Å². The second kappa shape index (κ2) is 13.0. The molecular formula is C46H34N4Pt. The largest absolute Gasteiger partial charge is 2.00 e. The molecule has 0 unspecified atom stereocenters. The minimum absolute atomic E-state index is 0. The van der Waals surface area contributed by atoms with Crippen molar-refractivity contribution in [3.8, 4) is 45.3 Å². The van der Waals surface area contributed by atoms with E-state index in [1.807, 2.05) is 36.4 Å². The summed E-state index contributed by atoms with van der Waals surface area (Å²) in [6.45, 7) is 6.80. The van der Waals surface area contributed by atoms with Gasteiger partial charge in [0.2, 0.25) is 5.95 Å². The van der Waals surface area contributed by atoms with Gasteiger partial charge in [0.05, 0.1) is 16.9 Å². The summed E-state index contributed by atoms with van der Waals surface area (Å²) >= 11 is 0. The number of para-hydroxylation sites is 3. The molecule has 3 aromatic heterocycles. The van der Waals surface area contributed by atoms with E-state index in [2.05, 4.69) is 157 Å². The number of hydrogen-bond donors (Lipinski definition) is 0. The van der Waals surface area contributed by atoms with Gasteiger partial charge in [0.25, 0.3) is 0 Å². The quantitative estimate of drug-likeness (QED) is 0.162. The third-order valence-electron chi connectivity index (χ3n) is 9.56. The summed E-state index contributed by atoms with van der Waals surface area (Å²) in [5.41, 5.74) is 12.2. The molecule has 6 aromatic carbocycles. The number of imidazole rings is 1. The number of pyridine rings is 1. The third-order valence-corrected chi connectivity index (χ3v) is 9.56. The molecule has 9 rings (SSSR count). The molecule has 0 fully saturated rings. The van der Waals surface area contributed by atoms with E-state index in [1.165, 1.54) is 5.56 Å². The molecule has 0 aliphatic heterocycles. The zero-order chi connectivity index (χ0) is 33.8. The van der Waals surface area contributed by atoms with E-state index in [1.54, 1.807) is 0 Å². The number of fused-ring (bicyclic) bond motifs is 4. The Kier molecular flexibility index (Phi) is 8.29.